The molecule has 1 heterocycles. The lowest BCUT2D eigenvalue weighted by atomic mass is 9.82. The average molecular weight is 494 g/mol. The number of imide groups is 1. The number of carbonyl (C=O) groups is 3. The predicted molar refractivity (Wildman–Crippen MR) is 140 cm³/mol. The van der Waals surface area contributed by atoms with Gasteiger partial charge in [0.15, 0.2) is 5.54 Å². The van der Waals surface area contributed by atoms with Crippen LogP contribution in [0.5, 0.6) is 0 Å². The van der Waals surface area contributed by atoms with E-state index in [1.165, 1.54) is 11.8 Å². The van der Waals surface area contributed by atoms with E-state index in [2.05, 4.69) is 10.6 Å². The topological polar surface area (TPSA) is 78.5 Å². The van der Waals surface area contributed by atoms with Gasteiger partial charge in [-0.25, -0.2) is 4.79 Å². The Morgan fingerprint density at radius 3 is 1.89 bits per heavy atom. The molecule has 5 rings (SSSR count). The molecule has 4 aromatic rings. The molecule has 4 amide bonds. The Kier molecular flexibility index (Phi) is 6.56. The van der Waals surface area contributed by atoms with Crippen molar-refractivity contribution in [3.63, 3.8) is 0 Å². The molecule has 0 spiro atoms. The molecule has 36 heavy (non-hydrogen) atoms. The third-order valence-electron chi connectivity index (χ3n) is 5.95. The number of nitrogens with zero attached hydrogens (tertiary/aromatic N) is 1. The number of para-hydroxylation sites is 1. The summed E-state index contributed by atoms with van der Waals surface area (Å²) in [4.78, 5) is 42.8. The van der Waals surface area contributed by atoms with Crippen LogP contribution in [0.15, 0.2) is 125 Å². The normalized spacial score (nSPS) is 14.4. The minimum Gasteiger partial charge on any atom is -0.323 e. The third-order valence-corrected chi connectivity index (χ3v) is 7.04. The average Bonchev–Trinajstić information content (AvgIpc) is 3.17. The number of carbonyl (C=O) groups excluding carboxylic acids is 3. The van der Waals surface area contributed by atoms with Gasteiger partial charge in [-0.1, -0.05) is 103 Å². The van der Waals surface area contributed by atoms with Gasteiger partial charge >= 0.3 is 6.03 Å². The highest BCUT2D eigenvalue weighted by Crippen LogP contribution is 2.36. The summed E-state index contributed by atoms with van der Waals surface area (Å²) in [6.45, 7) is -0.406. The first kappa shape index (κ1) is 23.4. The highest BCUT2D eigenvalue weighted by Gasteiger charge is 2.54. The van der Waals surface area contributed by atoms with Gasteiger partial charge in [0.25, 0.3) is 5.91 Å². The smallest absolute Gasteiger partial charge is 0.323 e. The van der Waals surface area contributed by atoms with Crippen LogP contribution in [-0.4, -0.2) is 29.3 Å². The zero-order chi connectivity index (χ0) is 25.0. The van der Waals surface area contributed by atoms with Crippen molar-refractivity contribution in [3.05, 3.63) is 126 Å². The summed E-state index contributed by atoms with van der Waals surface area (Å²) in [5.41, 5.74) is 0.464. The first-order valence-corrected chi connectivity index (χ1v) is 12.3. The number of rotatable bonds is 7. The summed E-state index contributed by atoms with van der Waals surface area (Å²) >= 11 is 1.52. The van der Waals surface area contributed by atoms with E-state index in [0.717, 1.165) is 14.7 Å². The van der Waals surface area contributed by atoms with Gasteiger partial charge in [-0.05, 0) is 35.4 Å². The maximum Gasteiger partial charge on any atom is 0.326 e. The van der Waals surface area contributed by atoms with Gasteiger partial charge < -0.3 is 10.6 Å². The molecular formula is C29H23N3O3S. The molecule has 0 saturated carbocycles. The fourth-order valence-electron chi connectivity index (χ4n) is 4.26. The van der Waals surface area contributed by atoms with E-state index in [4.69, 9.17) is 0 Å². The van der Waals surface area contributed by atoms with Crippen LogP contribution in [0.25, 0.3) is 0 Å². The van der Waals surface area contributed by atoms with Crippen molar-refractivity contribution in [2.45, 2.75) is 15.3 Å². The molecule has 6 nitrogen and oxygen atoms in total. The maximum absolute atomic E-state index is 13.8. The second-order valence-corrected chi connectivity index (χ2v) is 9.38. The molecule has 0 radical (unpaired) electrons. The maximum atomic E-state index is 13.8. The number of anilines is 1. The van der Waals surface area contributed by atoms with Crippen LogP contribution < -0.4 is 10.6 Å². The summed E-state index contributed by atoms with van der Waals surface area (Å²) < 4.78 is 0. The largest absolute Gasteiger partial charge is 0.326 e. The number of benzene rings is 4. The lowest BCUT2D eigenvalue weighted by molar-refractivity contribution is -0.133. The molecule has 7 heteroatoms. The van der Waals surface area contributed by atoms with Crippen LogP contribution in [0.3, 0.4) is 0 Å². The minimum absolute atomic E-state index is 0.406. The number of hydrogen-bond donors (Lipinski definition) is 2. The van der Waals surface area contributed by atoms with Crippen LogP contribution >= 0.6 is 11.8 Å². The monoisotopic (exact) mass is 493 g/mol. The summed E-state index contributed by atoms with van der Waals surface area (Å²) in [5, 5.41) is 5.74. The second kappa shape index (κ2) is 10.1. The second-order valence-electron chi connectivity index (χ2n) is 8.26. The summed E-state index contributed by atoms with van der Waals surface area (Å²) in [6.07, 6.45) is 0. The van der Waals surface area contributed by atoms with Gasteiger partial charge in [0, 0.05) is 9.79 Å². The molecule has 2 N–H and O–H groups in total. The van der Waals surface area contributed by atoms with Crippen molar-refractivity contribution in [2.75, 3.05) is 11.9 Å². The quantitative estimate of drug-likeness (QED) is 0.344. The van der Waals surface area contributed by atoms with E-state index in [-0.39, 0.29) is 0 Å². The molecule has 1 saturated heterocycles. The first-order valence-electron chi connectivity index (χ1n) is 11.4. The molecule has 0 aliphatic carbocycles. The van der Waals surface area contributed by atoms with Crippen molar-refractivity contribution in [1.82, 2.24) is 10.2 Å². The molecule has 0 aromatic heterocycles. The van der Waals surface area contributed by atoms with E-state index in [1.807, 2.05) is 84.9 Å². The van der Waals surface area contributed by atoms with Crippen LogP contribution in [0.4, 0.5) is 10.5 Å². The fraction of sp³-hybridized carbons (Fsp3) is 0.0690. The molecule has 0 unspecified atom stereocenters. The Bertz CT molecular complexity index is 1360. The first-order chi connectivity index (χ1) is 17.6. The molecule has 1 aliphatic rings. The highest BCUT2D eigenvalue weighted by molar-refractivity contribution is 7.99. The van der Waals surface area contributed by atoms with Gasteiger partial charge in [0.1, 0.15) is 6.54 Å². The Morgan fingerprint density at radius 1 is 0.750 bits per heavy atom. The van der Waals surface area contributed by atoms with E-state index in [1.54, 1.807) is 30.3 Å². The van der Waals surface area contributed by atoms with Crippen LogP contribution in [-0.2, 0) is 15.1 Å². The summed E-state index contributed by atoms with van der Waals surface area (Å²) in [6, 6.07) is 34.8. The van der Waals surface area contributed by atoms with Crippen molar-refractivity contribution in [1.29, 1.82) is 0 Å². The molecule has 4 aromatic carbocycles. The van der Waals surface area contributed by atoms with Gasteiger partial charge in [-0.15, -0.1) is 0 Å². The number of hydrogen-bond acceptors (Lipinski definition) is 4. The Hall–Kier alpha value is -4.36. The Labute approximate surface area is 213 Å². The zero-order valence-electron chi connectivity index (χ0n) is 19.3. The van der Waals surface area contributed by atoms with E-state index < -0.39 is 29.9 Å². The van der Waals surface area contributed by atoms with Crippen LogP contribution in [0.2, 0.25) is 0 Å². The van der Waals surface area contributed by atoms with Crippen LogP contribution in [0, 0.1) is 0 Å². The van der Waals surface area contributed by atoms with Crippen molar-refractivity contribution in [2.24, 2.45) is 0 Å². The molecule has 0 atom stereocenters. The van der Waals surface area contributed by atoms with Gasteiger partial charge in [-0.2, -0.15) is 0 Å². The third kappa shape index (κ3) is 4.48. The molecule has 0 bridgehead atoms. The van der Waals surface area contributed by atoms with Gasteiger partial charge in [0.2, 0.25) is 5.91 Å². The van der Waals surface area contributed by atoms with Crippen LogP contribution in [0.1, 0.15) is 11.1 Å². The van der Waals surface area contributed by atoms with E-state index in [9.17, 15) is 14.4 Å². The zero-order valence-corrected chi connectivity index (χ0v) is 20.1. The molecule has 178 valence electrons. The highest BCUT2D eigenvalue weighted by atomic mass is 32.2. The molecular weight excluding hydrogens is 470 g/mol. The van der Waals surface area contributed by atoms with Gasteiger partial charge in [0.05, 0.1) is 5.69 Å². The Morgan fingerprint density at radius 2 is 1.28 bits per heavy atom. The Balaban J connectivity index is 1.39. The molecule has 1 aliphatic heterocycles. The van der Waals surface area contributed by atoms with Crippen molar-refractivity contribution in [3.8, 4) is 0 Å². The minimum atomic E-state index is -1.40. The number of nitrogens with one attached hydrogen (secondary N) is 2. The fourth-order valence-corrected chi connectivity index (χ4v) is 5.18. The van der Waals surface area contributed by atoms with Gasteiger partial charge in [-0.3, -0.25) is 14.5 Å². The number of urea groups is 1. The van der Waals surface area contributed by atoms with Crippen molar-refractivity contribution >= 4 is 35.3 Å². The lowest BCUT2D eigenvalue weighted by Crippen LogP contribution is -2.45. The SMILES string of the molecule is O=C(CN1C(=O)NC(c2ccccc2)(c2ccccc2)C1=O)Nc1ccccc1Sc1ccccc1. The summed E-state index contributed by atoms with van der Waals surface area (Å²) in [5.74, 6) is -0.955. The predicted octanol–water partition coefficient (Wildman–Crippen LogP) is 5.27. The van der Waals surface area contributed by atoms with E-state index >= 15 is 0 Å². The lowest BCUT2D eigenvalue weighted by Gasteiger charge is -2.28. The van der Waals surface area contributed by atoms with E-state index in [0.29, 0.717) is 16.8 Å². The summed E-state index contributed by atoms with van der Waals surface area (Å²) in [7, 11) is 0. The van der Waals surface area contributed by atoms with Crippen molar-refractivity contribution < 1.29 is 14.4 Å². The standard InChI is InChI=1S/C29H23N3O3S/c33-26(30-24-18-10-11-19-25(24)36-23-16-8-3-9-17-23)20-32-27(34)29(31-28(32)35,21-12-4-1-5-13-21)22-14-6-2-7-15-22/h1-19H,20H2,(H,30,33)(H,31,35). The number of amides is 4. The molecule has 1 fully saturated rings.